The van der Waals surface area contributed by atoms with Gasteiger partial charge in [0.25, 0.3) is 0 Å². The van der Waals surface area contributed by atoms with Gasteiger partial charge in [-0.3, -0.25) is 9.59 Å². The fourth-order valence-electron chi connectivity index (χ4n) is 3.72. The van der Waals surface area contributed by atoms with Gasteiger partial charge in [-0.15, -0.1) is 0 Å². The maximum atomic E-state index is 12.2. The van der Waals surface area contributed by atoms with Gasteiger partial charge in [-0.2, -0.15) is 0 Å². The van der Waals surface area contributed by atoms with Crippen molar-refractivity contribution < 1.29 is 24.9 Å². The third kappa shape index (κ3) is 8.45. The number of ketones is 1. The number of unbranched alkanes of at least 4 members (excludes halogenated alkanes) is 5. The second-order valence-corrected chi connectivity index (χ2v) is 7.94. The SMILES string of the molecule is CCCCC[C@](C)(O)C=CC1[C@H](O)CC(=O)[C@@H]1CCCCCCC(=O)O. The maximum Gasteiger partial charge on any atom is 0.303 e. The number of aliphatic hydroxyl groups excluding tert-OH is 1. The molecule has 1 rings (SSSR count). The van der Waals surface area contributed by atoms with Gasteiger partial charge in [-0.1, -0.05) is 57.6 Å². The Kier molecular flexibility index (Phi) is 10.1. The van der Waals surface area contributed by atoms with Gasteiger partial charge in [0.05, 0.1) is 11.7 Å². The molecule has 1 fully saturated rings. The largest absolute Gasteiger partial charge is 0.481 e. The maximum absolute atomic E-state index is 12.2. The van der Waals surface area contributed by atoms with Crippen molar-refractivity contribution in [3.8, 4) is 0 Å². The van der Waals surface area contributed by atoms with E-state index in [1.54, 1.807) is 13.0 Å². The van der Waals surface area contributed by atoms with Crippen LogP contribution in [0.25, 0.3) is 0 Å². The van der Waals surface area contributed by atoms with Crippen LogP contribution in [0.5, 0.6) is 0 Å². The van der Waals surface area contributed by atoms with Crippen LogP contribution in [0.4, 0.5) is 0 Å². The molecule has 0 heterocycles. The Bertz CT molecular complexity index is 469. The first kappa shape index (κ1) is 22.8. The molecule has 4 atom stereocenters. The second kappa shape index (κ2) is 11.5. The molecule has 150 valence electrons. The van der Waals surface area contributed by atoms with Crippen molar-refractivity contribution in [2.45, 2.75) is 96.2 Å². The number of rotatable bonds is 13. The van der Waals surface area contributed by atoms with Crippen LogP contribution in [0.3, 0.4) is 0 Å². The van der Waals surface area contributed by atoms with Crippen LogP contribution < -0.4 is 0 Å². The van der Waals surface area contributed by atoms with E-state index in [0.29, 0.717) is 12.8 Å². The minimum absolute atomic E-state index is 0.100. The topological polar surface area (TPSA) is 94.8 Å². The van der Waals surface area contributed by atoms with Crippen molar-refractivity contribution >= 4 is 11.8 Å². The number of aliphatic hydroxyl groups is 2. The summed E-state index contributed by atoms with van der Waals surface area (Å²) in [4.78, 5) is 22.7. The zero-order valence-corrected chi connectivity index (χ0v) is 16.3. The third-order valence-electron chi connectivity index (χ3n) is 5.35. The Hall–Kier alpha value is -1.20. The van der Waals surface area contributed by atoms with E-state index in [0.717, 1.165) is 44.9 Å². The lowest BCUT2D eigenvalue weighted by atomic mass is 9.87. The first-order valence-electron chi connectivity index (χ1n) is 10.1. The van der Waals surface area contributed by atoms with Gasteiger partial charge in [0.15, 0.2) is 0 Å². The number of carbonyl (C=O) groups excluding carboxylic acids is 1. The summed E-state index contributed by atoms with van der Waals surface area (Å²) in [6, 6.07) is 0. The molecule has 3 N–H and O–H groups in total. The van der Waals surface area contributed by atoms with Gasteiger partial charge >= 0.3 is 5.97 Å². The first-order chi connectivity index (χ1) is 12.3. The molecular formula is C21H36O5. The van der Waals surface area contributed by atoms with E-state index in [9.17, 15) is 19.8 Å². The molecule has 0 amide bonds. The molecule has 0 aliphatic heterocycles. The Balaban J connectivity index is 2.49. The van der Waals surface area contributed by atoms with Crippen molar-refractivity contribution in [1.82, 2.24) is 0 Å². The third-order valence-corrected chi connectivity index (χ3v) is 5.35. The molecule has 0 aromatic rings. The van der Waals surface area contributed by atoms with Gasteiger partial charge in [0, 0.05) is 24.7 Å². The van der Waals surface area contributed by atoms with Crippen LogP contribution in [0.2, 0.25) is 0 Å². The van der Waals surface area contributed by atoms with Crippen molar-refractivity contribution in [2.24, 2.45) is 11.8 Å². The van der Waals surface area contributed by atoms with Crippen molar-refractivity contribution in [2.75, 3.05) is 0 Å². The summed E-state index contributed by atoms with van der Waals surface area (Å²) in [5, 5.41) is 29.3. The fraction of sp³-hybridized carbons (Fsp3) is 0.810. The predicted octanol–water partition coefficient (Wildman–Crippen LogP) is 3.87. The number of carboxylic acid groups (broad SMARTS) is 1. The number of Topliss-reactive ketones (excluding diaryl/α,β-unsaturated/α-hetero) is 1. The number of hydrogen-bond acceptors (Lipinski definition) is 4. The second-order valence-electron chi connectivity index (χ2n) is 7.94. The number of carbonyl (C=O) groups is 2. The number of aliphatic carboxylic acids is 1. The van der Waals surface area contributed by atoms with E-state index >= 15 is 0 Å². The van der Waals surface area contributed by atoms with E-state index in [2.05, 4.69) is 6.92 Å². The van der Waals surface area contributed by atoms with E-state index < -0.39 is 17.7 Å². The molecule has 5 heteroatoms. The molecule has 0 spiro atoms. The minimum atomic E-state index is -0.901. The molecule has 0 bridgehead atoms. The molecule has 0 aromatic carbocycles. The monoisotopic (exact) mass is 368 g/mol. The van der Waals surface area contributed by atoms with Crippen LogP contribution in [0, 0.1) is 11.8 Å². The van der Waals surface area contributed by atoms with E-state index in [4.69, 9.17) is 5.11 Å². The fourth-order valence-corrected chi connectivity index (χ4v) is 3.72. The summed E-state index contributed by atoms with van der Waals surface area (Å²) in [6.07, 6.45) is 11.1. The number of carboxylic acids is 1. The van der Waals surface area contributed by atoms with E-state index in [-0.39, 0.29) is 30.5 Å². The molecule has 0 radical (unpaired) electrons. The Morgan fingerprint density at radius 1 is 1.19 bits per heavy atom. The molecule has 0 aromatic heterocycles. The summed E-state index contributed by atoms with van der Waals surface area (Å²) >= 11 is 0. The normalized spacial score (nSPS) is 25.7. The molecule has 1 saturated carbocycles. The van der Waals surface area contributed by atoms with Gasteiger partial charge in [-0.25, -0.2) is 0 Å². The lowest BCUT2D eigenvalue weighted by Gasteiger charge is -2.22. The van der Waals surface area contributed by atoms with Crippen molar-refractivity contribution in [3.05, 3.63) is 12.2 Å². The average molecular weight is 369 g/mol. The van der Waals surface area contributed by atoms with Crippen LogP contribution in [0.1, 0.15) is 84.5 Å². The highest BCUT2D eigenvalue weighted by Crippen LogP contribution is 2.35. The average Bonchev–Trinajstić information content (AvgIpc) is 2.82. The van der Waals surface area contributed by atoms with Crippen molar-refractivity contribution in [3.63, 3.8) is 0 Å². The summed E-state index contributed by atoms with van der Waals surface area (Å²) in [5.74, 6) is -1.08. The van der Waals surface area contributed by atoms with E-state index in [1.165, 1.54) is 0 Å². The molecular weight excluding hydrogens is 332 g/mol. The Morgan fingerprint density at radius 2 is 1.88 bits per heavy atom. The first-order valence-corrected chi connectivity index (χ1v) is 10.1. The van der Waals surface area contributed by atoms with Crippen LogP contribution >= 0.6 is 0 Å². The number of hydrogen-bond donors (Lipinski definition) is 3. The highest BCUT2D eigenvalue weighted by molar-refractivity contribution is 5.84. The van der Waals surface area contributed by atoms with Gasteiger partial charge in [0.2, 0.25) is 0 Å². The highest BCUT2D eigenvalue weighted by atomic mass is 16.4. The smallest absolute Gasteiger partial charge is 0.303 e. The van der Waals surface area contributed by atoms with Crippen molar-refractivity contribution in [1.29, 1.82) is 0 Å². The molecule has 1 aliphatic rings. The standard InChI is InChI=1S/C21H36O5/c1-3-4-9-13-21(2,26)14-12-17-16(18(22)15-19(17)23)10-7-5-6-8-11-20(24)25/h12,14,16-17,19,23,26H,3-11,13,15H2,1-2H3,(H,24,25)/t16-,17?,19-,21+/m1/s1. The lowest BCUT2D eigenvalue weighted by molar-refractivity contribution is -0.137. The molecule has 1 unspecified atom stereocenters. The zero-order chi connectivity index (χ0) is 19.6. The van der Waals surface area contributed by atoms with Gasteiger partial charge in [0.1, 0.15) is 5.78 Å². The molecule has 1 aliphatic carbocycles. The quantitative estimate of drug-likeness (QED) is 0.339. The summed E-state index contributed by atoms with van der Waals surface area (Å²) in [7, 11) is 0. The Labute approximate surface area is 157 Å². The van der Waals surface area contributed by atoms with Gasteiger partial charge in [-0.05, 0) is 26.2 Å². The minimum Gasteiger partial charge on any atom is -0.481 e. The molecule has 0 saturated heterocycles. The van der Waals surface area contributed by atoms with Crippen LogP contribution in [0.15, 0.2) is 12.2 Å². The Morgan fingerprint density at radius 3 is 2.54 bits per heavy atom. The van der Waals surface area contributed by atoms with Gasteiger partial charge < -0.3 is 15.3 Å². The van der Waals surface area contributed by atoms with Crippen LogP contribution in [-0.4, -0.2) is 38.8 Å². The molecule has 26 heavy (non-hydrogen) atoms. The predicted molar refractivity (Wildman–Crippen MR) is 102 cm³/mol. The summed E-state index contributed by atoms with van der Waals surface area (Å²) in [5.41, 5.74) is -0.901. The summed E-state index contributed by atoms with van der Waals surface area (Å²) in [6.45, 7) is 3.90. The zero-order valence-electron chi connectivity index (χ0n) is 16.3. The molecule has 5 nitrogen and oxygen atoms in total. The van der Waals surface area contributed by atoms with E-state index in [1.807, 2.05) is 6.08 Å². The van der Waals surface area contributed by atoms with Crippen LogP contribution in [-0.2, 0) is 9.59 Å². The lowest BCUT2D eigenvalue weighted by Crippen LogP contribution is -2.23. The highest BCUT2D eigenvalue weighted by Gasteiger charge is 2.39. The summed E-state index contributed by atoms with van der Waals surface area (Å²) < 4.78 is 0.